The van der Waals surface area contributed by atoms with E-state index >= 15 is 0 Å². The molecule has 1 aliphatic heterocycles. The lowest BCUT2D eigenvalue weighted by Gasteiger charge is -2.42. The molecule has 0 saturated heterocycles. The van der Waals surface area contributed by atoms with Crippen molar-refractivity contribution in [2.75, 3.05) is 6.61 Å². The van der Waals surface area contributed by atoms with Crippen LogP contribution in [-0.4, -0.2) is 40.2 Å². The van der Waals surface area contributed by atoms with E-state index in [1.165, 1.54) is 18.2 Å². The Morgan fingerprint density at radius 3 is 2.57 bits per heavy atom. The molecule has 1 aromatic rings. The van der Waals surface area contributed by atoms with Crippen molar-refractivity contribution in [3.05, 3.63) is 28.2 Å². The van der Waals surface area contributed by atoms with E-state index < -0.39 is 30.3 Å². The largest absolute Gasteiger partial charge is 0.482 e. The molecule has 0 radical (unpaired) electrons. The highest BCUT2D eigenvalue weighted by molar-refractivity contribution is 6.35. The third-order valence-corrected chi connectivity index (χ3v) is 6.36. The smallest absolute Gasteiger partial charge is 0.439 e. The zero-order valence-electron chi connectivity index (χ0n) is 16.8. The number of halogens is 5. The molecule has 1 aromatic carbocycles. The van der Waals surface area contributed by atoms with Crippen LogP contribution in [0.2, 0.25) is 10.0 Å². The van der Waals surface area contributed by atoms with Crippen molar-refractivity contribution in [3.8, 4) is 5.75 Å². The fourth-order valence-electron chi connectivity index (χ4n) is 4.05. The topological polar surface area (TPSA) is 62.1 Å². The van der Waals surface area contributed by atoms with E-state index in [0.717, 1.165) is 0 Å². The van der Waals surface area contributed by atoms with Gasteiger partial charge >= 0.3 is 6.18 Å². The summed E-state index contributed by atoms with van der Waals surface area (Å²) >= 11 is 11.8. The summed E-state index contributed by atoms with van der Waals surface area (Å²) in [5, 5.41) is 15.3. The number of amides is 1. The number of carbonyl (C=O) groups excluding carboxylic acids is 1. The monoisotopic (exact) mass is 466 g/mol. The van der Waals surface area contributed by atoms with Gasteiger partial charge in [-0.25, -0.2) is 0 Å². The summed E-state index contributed by atoms with van der Waals surface area (Å²) in [5.41, 5.74) is -3.45. The number of nitrogens with zero attached hydrogens (tertiary/aromatic N) is 2. The Morgan fingerprint density at radius 2 is 2.00 bits per heavy atom. The van der Waals surface area contributed by atoms with Gasteiger partial charge in [0.25, 0.3) is 11.6 Å². The SMILES string of the molecule is CC(C)(C)[C@@H]1CCC2=NN(C(=O)COc3ccc(Cl)cc3Cl)[C@](O)(C(F)(F)F)[C@H]2C1. The number of alkyl halides is 3. The predicted molar refractivity (Wildman–Crippen MR) is 108 cm³/mol. The maximum Gasteiger partial charge on any atom is 0.439 e. The number of hydrogen-bond acceptors (Lipinski definition) is 4. The fourth-order valence-corrected chi connectivity index (χ4v) is 4.51. The quantitative estimate of drug-likeness (QED) is 0.658. The number of rotatable bonds is 3. The van der Waals surface area contributed by atoms with E-state index in [-0.39, 0.29) is 39.2 Å². The summed E-state index contributed by atoms with van der Waals surface area (Å²) in [6, 6.07) is 4.25. The number of aliphatic hydroxyl groups is 1. The van der Waals surface area contributed by atoms with Gasteiger partial charge in [0, 0.05) is 10.7 Å². The van der Waals surface area contributed by atoms with Gasteiger partial charge in [-0.2, -0.15) is 23.3 Å². The summed E-state index contributed by atoms with van der Waals surface area (Å²) in [6.45, 7) is 5.09. The van der Waals surface area contributed by atoms with Gasteiger partial charge in [-0.3, -0.25) is 4.79 Å². The van der Waals surface area contributed by atoms with Crippen LogP contribution in [0.5, 0.6) is 5.75 Å². The van der Waals surface area contributed by atoms with Crippen LogP contribution in [0.25, 0.3) is 0 Å². The molecule has 1 fully saturated rings. The zero-order valence-corrected chi connectivity index (χ0v) is 18.3. The Morgan fingerprint density at radius 1 is 1.33 bits per heavy atom. The van der Waals surface area contributed by atoms with Gasteiger partial charge in [-0.1, -0.05) is 44.0 Å². The molecule has 3 atom stereocenters. The van der Waals surface area contributed by atoms with Gasteiger partial charge in [0.2, 0.25) is 0 Å². The molecule has 0 unspecified atom stereocenters. The molecule has 166 valence electrons. The van der Waals surface area contributed by atoms with Crippen molar-refractivity contribution in [1.29, 1.82) is 0 Å². The lowest BCUT2D eigenvalue weighted by Crippen LogP contribution is -2.62. The van der Waals surface area contributed by atoms with E-state index in [1.807, 2.05) is 20.8 Å². The van der Waals surface area contributed by atoms with Gasteiger partial charge < -0.3 is 9.84 Å². The molecule has 2 aliphatic rings. The summed E-state index contributed by atoms with van der Waals surface area (Å²) in [7, 11) is 0. The van der Waals surface area contributed by atoms with Crippen LogP contribution >= 0.6 is 23.2 Å². The standard InChI is InChI=1S/C20H23Cl2F3N2O3/c1-18(2,3)11-4-6-15-13(8-11)19(29,20(23,24)25)27(26-15)17(28)10-30-16-7-5-12(21)9-14(16)22/h5,7,9,11,13,29H,4,6,8,10H2,1-3H3/t11-,13+,19-/m1/s1. The van der Waals surface area contributed by atoms with Crippen molar-refractivity contribution in [2.24, 2.45) is 22.4 Å². The van der Waals surface area contributed by atoms with Gasteiger partial charge in [-0.05, 0) is 48.8 Å². The first-order chi connectivity index (χ1) is 13.7. The van der Waals surface area contributed by atoms with Crippen LogP contribution in [-0.2, 0) is 4.79 Å². The fraction of sp³-hybridized carbons (Fsp3) is 0.600. The highest BCUT2D eigenvalue weighted by Gasteiger charge is 2.69. The Bertz CT molecular complexity index is 870. The molecular formula is C20H23Cl2F3N2O3. The minimum atomic E-state index is -5.09. The van der Waals surface area contributed by atoms with Crippen molar-refractivity contribution in [2.45, 2.75) is 51.9 Å². The first-order valence-corrected chi connectivity index (χ1v) is 10.3. The molecule has 0 spiro atoms. The van der Waals surface area contributed by atoms with Crippen LogP contribution in [0.4, 0.5) is 13.2 Å². The summed E-state index contributed by atoms with van der Waals surface area (Å²) in [4.78, 5) is 12.6. The molecule has 1 amide bonds. The van der Waals surface area contributed by atoms with Gasteiger partial charge in [0.05, 0.1) is 10.9 Å². The molecule has 1 N–H and O–H groups in total. The summed E-state index contributed by atoms with van der Waals surface area (Å²) < 4.78 is 47.4. The molecule has 1 aliphatic carbocycles. The summed E-state index contributed by atoms with van der Waals surface area (Å²) in [6.07, 6.45) is -4.06. The highest BCUT2D eigenvalue weighted by Crippen LogP contribution is 2.51. The summed E-state index contributed by atoms with van der Waals surface area (Å²) in [5.74, 6) is -2.38. The van der Waals surface area contributed by atoms with Gasteiger partial charge in [-0.15, -0.1) is 0 Å². The van der Waals surface area contributed by atoms with Crippen molar-refractivity contribution >= 4 is 34.8 Å². The van der Waals surface area contributed by atoms with E-state index in [4.69, 9.17) is 27.9 Å². The van der Waals surface area contributed by atoms with Crippen molar-refractivity contribution < 1.29 is 27.8 Å². The first kappa shape index (κ1) is 23.2. The van der Waals surface area contributed by atoms with E-state index in [1.54, 1.807) is 0 Å². The van der Waals surface area contributed by atoms with E-state index in [9.17, 15) is 23.1 Å². The van der Waals surface area contributed by atoms with E-state index in [2.05, 4.69) is 5.10 Å². The molecular weight excluding hydrogens is 444 g/mol. The molecule has 10 heteroatoms. The van der Waals surface area contributed by atoms with Crippen LogP contribution < -0.4 is 4.74 Å². The van der Waals surface area contributed by atoms with Crippen LogP contribution in [0, 0.1) is 17.3 Å². The van der Waals surface area contributed by atoms with Crippen LogP contribution in [0.3, 0.4) is 0 Å². The molecule has 0 aromatic heterocycles. The second-order valence-electron chi connectivity index (χ2n) is 8.77. The van der Waals surface area contributed by atoms with Crippen LogP contribution in [0.15, 0.2) is 23.3 Å². The Kier molecular flexibility index (Phi) is 6.08. The Labute approximate surface area is 182 Å². The molecule has 0 bridgehead atoms. The molecule has 30 heavy (non-hydrogen) atoms. The molecule has 3 rings (SSSR count). The average Bonchev–Trinajstić information content (AvgIpc) is 2.93. The molecule has 1 saturated carbocycles. The minimum Gasteiger partial charge on any atom is -0.482 e. The Balaban J connectivity index is 1.84. The second kappa shape index (κ2) is 7.88. The predicted octanol–water partition coefficient (Wildman–Crippen LogP) is 5.28. The lowest BCUT2D eigenvalue weighted by molar-refractivity contribution is -0.318. The molecule has 5 nitrogen and oxygen atoms in total. The third kappa shape index (κ3) is 4.14. The average molecular weight is 467 g/mol. The molecule has 1 heterocycles. The van der Waals surface area contributed by atoms with Crippen LogP contribution in [0.1, 0.15) is 40.0 Å². The third-order valence-electron chi connectivity index (χ3n) is 5.83. The minimum absolute atomic E-state index is 0.0468. The highest BCUT2D eigenvalue weighted by atomic mass is 35.5. The number of carbonyl (C=O) groups is 1. The number of ether oxygens (including phenoxy) is 1. The second-order valence-corrected chi connectivity index (χ2v) is 9.62. The number of fused-ring (bicyclic) bond motifs is 1. The van der Waals surface area contributed by atoms with Gasteiger partial charge in [0.15, 0.2) is 6.61 Å². The van der Waals surface area contributed by atoms with Gasteiger partial charge in [0.1, 0.15) is 5.75 Å². The normalized spacial score (nSPS) is 27.0. The number of hydrogen-bond donors (Lipinski definition) is 1. The number of hydrazone groups is 1. The maximum absolute atomic E-state index is 14.0. The van der Waals surface area contributed by atoms with E-state index in [0.29, 0.717) is 17.9 Å². The van der Waals surface area contributed by atoms with Crippen molar-refractivity contribution in [3.63, 3.8) is 0 Å². The Hall–Kier alpha value is -1.51. The zero-order chi connectivity index (χ0) is 22.5. The number of benzene rings is 1. The maximum atomic E-state index is 14.0. The van der Waals surface area contributed by atoms with Crippen molar-refractivity contribution in [1.82, 2.24) is 5.01 Å². The lowest BCUT2D eigenvalue weighted by atomic mass is 9.66. The first-order valence-electron chi connectivity index (χ1n) is 9.52.